The van der Waals surface area contributed by atoms with E-state index in [4.69, 9.17) is 4.74 Å². The third-order valence-electron chi connectivity index (χ3n) is 3.69. The van der Waals surface area contributed by atoms with Crippen molar-refractivity contribution in [3.8, 4) is 5.75 Å². The van der Waals surface area contributed by atoms with Crippen molar-refractivity contribution in [2.75, 3.05) is 20.7 Å². The van der Waals surface area contributed by atoms with Gasteiger partial charge in [0.1, 0.15) is 5.75 Å². The van der Waals surface area contributed by atoms with Gasteiger partial charge in [-0.2, -0.15) is 0 Å². The zero-order valence-electron chi connectivity index (χ0n) is 14.7. The summed E-state index contributed by atoms with van der Waals surface area (Å²) in [5.41, 5.74) is 3.45. The number of benzene rings is 2. The molecule has 0 radical (unpaired) electrons. The highest BCUT2D eigenvalue weighted by atomic mass is 16.5. The minimum Gasteiger partial charge on any atom is -0.493 e. The molecule has 0 saturated carbocycles. The summed E-state index contributed by atoms with van der Waals surface area (Å²) >= 11 is 0. The standard InChI is InChI=1S/C20H26N2O2/c1-16-6-4-5-7-19(16)24-13-12-20(23)21-14-17-8-10-18(11-9-17)15-22(2)3/h4-11H,12-15H2,1-3H3,(H,21,23). The first kappa shape index (κ1) is 18.0. The molecule has 0 fully saturated rings. The highest BCUT2D eigenvalue weighted by Gasteiger charge is 2.04. The van der Waals surface area contributed by atoms with Gasteiger partial charge in [0, 0.05) is 13.1 Å². The van der Waals surface area contributed by atoms with Gasteiger partial charge in [-0.15, -0.1) is 0 Å². The van der Waals surface area contributed by atoms with E-state index >= 15 is 0 Å². The van der Waals surface area contributed by atoms with Gasteiger partial charge in [-0.3, -0.25) is 4.79 Å². The molecule has 1 amide bonds. The summed E-state index contributed by atoms with van der Waals surface area (Å²) in [6.45, 7) is 3.85. The van der Waals surface area contributed by atoms with Gasteiger partial charge in [-0.1, -0.05) is 42.5 Å². The molecule has 0 aliphatic rings. The summed E-state index contributed by atoms with van der Waals surface area (Å²) in [5.74, 6) is 0.836. The van der Waals surface area contributed by atoms with E-state index in [2.05, 4.69) is 34.5 Å². The number of ether oxygens (including phenoxy) is 1. The molecule has 128 valence electrons. The largest absolute Gasteiger partial charge is 0.493 e. The Morgan fingerprint density at radius 3 is 2.38 bits per heavy atom. The third kappa shape index (κ3) is 6.05. The zero-order chi connectivity index (χ0) is 17.4. The van der Waals surface area contributed by atoms with E-state index in [1.54, 1.807) is 0 Å². The second-order valence-corrected chi connectivity index (χ2v) is 6.19. The lowest BCUT2D eigenvalue weighted by atomic mass is 10.1. The van der Waals surface area contributed by atoms with E-state index in [-0.39, 0.29) is 5.91 Å². The monoisotopic (exact) mass is 326 g/mol. The van der Waals surface area contributed by atoms with Crippen LogP contribution in [-0.2, 0) is 17.9 Å². The fourth-order valence-electron chi connectivity index (χ4n) is 2.39. The highest BCUT2D eigenvalue weighted by molar-refractivity contribution is 5.76. The lowest BCUT2D eigenvalue weighted by molar-refractivity contribution is -0.121. The van der Waals surface area contributed by atoms with Crippen LogP contribution < -0.4 is 10.1 Å². The number of hydrogen-bond donors (Lipinski definition) is 1. The molecule has 0 unspecified atom stereocenters. The smallest absolute Gasteiger partial charge is 0.223 e. The average molecular weight is 326 g/mol. The molecule has 0 atom stereocenters. The number of carbonyl (C=O) groups excluding carboxylic acids is 1. The molecule has 0 saturated heterocycles. The Morgan fingerprint density at radius 2 is 1.71 bits per heavy atom. The first-order chi connectivity index (χ1) is 11.5. The second-order valence-electron chi connectivity index (χ2n) is 6.19. The Balaban J connectivity index is 1.70. The van der Waals surface area contributed by atoms with Gasteiger partial charge < -0.3 is 15.0 Å². The number of hydrogen-bond acceptors (Lipinski definition) is 3. The number of carbonyl (C=O) groups is 1. The fraction of sp³-hybridized carbons (Fsp3) is 0.350. The van der Waals surface area contributed by atoms with Crippen LogP contribution in [0.15, 0.2) is 48.5 Å². The quantitative estimate of drug-likeness (QED) is 0.810. The third-order valence-corrected chi connectivity index (χ3v) is 3.69. The Bertz CT molecular complexity index is 651. The second kappa shape index (κ2) is 9.08. The molecule has 4 heteroatoms. The number of rotatable bonds is 8. The van der Waals surface area contributed by atoms with Crippen LogP contribution in [0.1, 0.15) is 23.1 Å². The van der Waals surface area contributed by atoms with Crippen molar-refractivity contribution in [2.45, 2.75) is 26.4 Å². The molecular formula is C20H26N2O2. The van der Waals surface area contributed by atoms with Crippen molar-refractivity contribution in [1.29, 1.82) is 0 Å². The number of nitrogens with zero attached hydrogens (tertiary/aromatic N) is 1. The predicted molar refractivity (Wildman–Crippen MR) is 97.0 cm³/mol. The fourth-order valence-corrected chi connectivity index (χ4v) is 2.39. The molecule has 2 rings (SSSR count). The molecule has 0 aliphatic carbocycles. The van der Waals surface area contributed by atoms with Gasteiger partial charge in [0.2, 0.25) is 5.91 Å². The van der Waals surface area contributed by atoms with Gasteiger partial charge in [-0.05, 0) is 43.8 Å². The zero-order valence-corrected chi connectivity index (χ0v) is 14.7. The lowest BCUT2D eigenvalue weighted by Gasteiger charge is -2.11. The SMILES string of the molecule is Cc1ccccc1OCCC(=O)NCc1ccc(CN(C)C)cc1. The van der Waals surface area contributed by atoms with E-state index in [1.165, 1.54) is 5.56 Å². The van der Waals surface area contributed by atoms with Crippen LogP contribution in [0.25, 0.3) is 0 Å². The maximum Gasteiger partial charge on any atom is 0.223 e. The van der Waals surface area contributed by atoms with Gasteiger partial charge in [0.05, 0.1) is 13.0 Å². The molecule has 0 bridgehead atoms. The van der Waals surface area contributed by atoms with Crippen LogP contribution in [-0.4, -0.2) is 31.5 Å². The minimum absolute atomic E-state index is 0.000882. The van der Waals surface area contributed by atoms with E-state index in [0.717, 1.165) is 23.4 Å². The normalized spacial score (nSPS) is 10.7. The minimum atomic E-state index is 0.000882. The molecule has 0 aromatic heterocycles. The molecule has 0 heterocycles. The summed E-state index contributed by atoms with van der Waals surface area (Å²) in [5, 5.41) is 2.93. The van der Waals surface area contributed by atoms with Crippen molar-refractivity contribution in [3.05, 3.63) is 65.2 Å². The molecule has 0 aliphatic heterocycles. The Morgan fingerprint density at radius 1 is 1.04 bits per heavy atom. The lowest BCUT2D eigenvalue weighted by Crippen LogP contribution is -2.24. The Labute approximate surface area is 144 Å². The molecule has 0 spiro atoms. The predicted octanol–water partition coefficient (Wildman–Crippen LogP) is 3.14. The average Bonchev–Trinajstić information content (AvgIpc) is 2.55. The van der Waals surface area contributed by atoms with Crippen LogP contribution >= 0.6 is 0 Å². The molecule has 1 N–H and O–H groups in total. The van der Waals surface area contributed by atoms with Gasteiger partial charge in [0.15, 0.2) is 0 Å². The van der Waals surface area contributed by atoms with Crippen molar-refractivity contribution in [1.82, 2.24) is 10.2 Å². The molecule has 2 aromatic rings. The van der Waals surface area contributed by atoms with Crippen molar-refractivity contribution >= 4 is 5.91 Å². The maximum atomic E-state index is 11.9. The number of aryl methyl sites for hydroxylation is 1. The van der Waals surface area contributed by atoms with Crippen molar-refractivity contribution in [2.24, 2.45) is 0 Å². The van der Waals surface area contributed by atoms with E-state index in [1.807, 2.05) is 45.3 Å². The number of para-hydroxylation sites is 1. The summed E-state index contributed by atoms with van der Waals surface area (Å²) in [7, 11) is 4.10. The van der Waals surface area contributed by atoms with Crippen LogP contribution in [0.2, 0.25) is 0 Å². The first-order valence-electron chi connectivity index (χ1n) is 8.22. The van der Waals surface area contributed by atoms with Crippen molar-refractivity contribution < 1.29 is 9.53 Å². The maximum absolute atomic E-state index is 11.9. The van der Waals surface area contributed by atoms with E-state index < -0.39 is 0 Å². The van der Waals surface area contributed by atoms with Crippen molar-refractivity contribution in [3.63, 3.8) is 0 Å². The first-order valence-corrected chi connectivity index (χ1v) is 8.22. The van der Waals surface area contributed by atoms with E-state index in [9.17, 15) is 4.79 Å². The summed E-state index contributed by atoms with van der Waals surface area (Å²) in [6.07, 6.45) is 0.354. The highest BCUT2D eigenvalue weighted by Crippen LogP contribution is 2.16. The Hall–Kier alpha value is -2.33. The Kier molecular flexibility index (Phi) is 6.82. The number of amides is 1. The van der Waals surface area contributed by atoms with Crippen LogP contribution in [0, 0.1) is 6.92 Å². The van der Waals surface area contributed by atoms with Crippen LogP contribution in [0.5, 0.6) is 5.75 Å². The van der Waals surface area contributed by atoms with E-state index in [0.29, 0.717) is 19.6 Å². The molecular weight excluding hydrogens is 300 g/mol. The molecule has 4 nitrogen and oxygen atoms in total. The molecule has 24 heavy (non-hydrogen) atoms. The van der Waals surface area contributed by atoms with Gasteiger partial charge >= 0.3 is 0 Å². The summed E-state index contributed by atoms with van der Waals surface area (Å²) in [6, 6.07) is 16.1. The molecule has 2 aromatic carbocycles. The summed E-state index contributed by atoms with van der Waals surface area (Å²) in [4.78, 5) is 14.0. The topological polar surface area (TPSA) is 41.6 Å². The summed E-state index contributed by atoms with van der Waals surface area (Å²) < 4.78 is 5.65. The van der Waals surface area contributed by atoms with Crippen LogP contribution in [0.4, 0.5) is 0 Å². The van der Waals surface area contributed by atoms with Gasteiger partial charge in [-0.25, -0.2) is 0 Å². The van der Waals surface area contributed by atoms with Gasteiger partial charge in [0.25, 0.3) is 0 Å². The van der Waals surface area contributed by atoms with Crippen LogP contribution in [0.3, 0.4) is 0 Å². The number of nitrogens with one attached hydrogen (secondary N) is 1.